The van der Waals surface area contributed by atoms with Crippen molar-refractivity contribution in [3.05, 3.63) is 54.1 Å². The molecule has 2 aromatic heterocycles. The second-order valence-corrected chi connectivity index (χ2v) is 8.17. The SMILES string of the molecule is CC(C)(C)C(C)(OC(N)=O)N1CCNCC1(c1ccccn1)c1cccnn1. The van der Waals surface area contributed by atoms with Crippen molar-refractivity contribution in [2.75, 3.05) is 19.6 Å². The molecule has 150 valence electrons. The molecule has 2 aromatic rings. The van der Waals surface area contributed by atoms with Gasteiger partial charge in [-0.25, -0.2) is 9.69 Å². The third kappa shape index (κ3) is 3.33. The van der Waals surface area contributed by atoms with Crippen LogP contribution in [0.25, 0.3) is 0 Å². The molecule has 2 unspecified atom stereocenters. The van der Waals surface area contributed by atoms with Crippen LogP contribution in [0.2, 0.25) is 0 Å². The molecule has 0 bridgehead atoms. The lowest BCUT2D eigenvalue weighted by Gasteiger charge is -2.57. The Morgan fingerprint density at radius 2 is 1.93 bits per heavy atom. The maximum atomic E-state index is 11.9. The highest BCUT2D eigenvalue weighted by molar-refractivity contribution is 5.65. The molecule has 0 aromatic carbocycles. The second kappa shape index (κ2) is 7.44. The quantitative estimate of drug-likeness (QED) is 0.829. The fourth-order valence-corrected chi connectivity index (χ4v) is 3.85. The van der Waals surface area contributed by atoms with E-state index in [-0.39, 0.29) is 0 Å². The van der Waals surface area contributed by atoms with E-state index in [1.807, 2.05) is 58.0 Å². The maximum Gasteiger partial charge on any atom is 0.406 e. The number of hydrogen-bond acceptors (Lipinski definition) is 7. The number of aromatic nitrogens is 3. The van der Waals surface area contributed by atoms with Gasteiger partial charge < -0.3 is 15.8 Å². The summed E-state index contributed by atoms with van der Waals surface area (Å²) >= 11 is 0. The second-order valence-electron chi connectivity index (χ2n) is 8.17. The van der Waals surface area contributed by atoms with Gasteiger partial charge in [0.25, 0.3) is 0 Å². The lowest BCUT2D eigenvalue weighted by atomic mass is 9.76. The monoisotopic (exact) mass is 384 g/mol. The number of rotatable bonds is 4. The fraction of sp³-hybridized carbons (Fsp3) is 0.500. The normalized spacial score (nSPS) is 23.0. The Morgan fingerprint density at radius 1 is 1.18 bits per heavy atom. The average Bonchev–Trinajstić information content (AvgIpc) is 2.68. The van der Waals surface area contributed by atoms with E-state index in [1.54, 1.807) is 12.4 Å². The highest BCUT2D eigenvalue weighted by Crippen LogP contribution is 2.46. The molecular weight excluding hydrogens is 356 g/mol. The number of nitrogens with zero attached hydrogens (tertiary/aromatic N) is 4. The number of amides is 1. The van der Waals surface area contributed by atoms with E-state index in [2.05, 4.69) is 25.4 Å². The molecule has 8 heteroatoms. The van der Waals surface area contributed by atoms with Gasteiger partial charge in [-0.1, -0.05) is 26.8 Å². The molecular formula is C20H28N6O2. The van der Waals surface area contributed by atoms with Crippen LogP contribution in [0.1, 0.15) is 39.1 Å². The molecule has 1 aliphatic heterocycles. The summed E-state index contributed by atoms with van der Waals surface area (Å²) in [6.45, 7) is 9.85. The van der Waals surface area contributed by atoms with Crippen LogP contribution in [0.15, 0.2) is 42.7 Å². The number of nitrogens with one attached hydrogen (secondary N) is 1. The lowest BCUT2D eigenvalue weighted by molar-refractivity contribution is -0.204. The van der Waals surface area contributed by atoms with Gasteiger partial charge in [0.15, 0.2) is 5.72 Å². The van der Waals surface area contributed by atoms with E-state index in [0.717, 1.165) is 17.9 Å². The first-order chi connectivity index (χ1) is 13.2. The first-order valence-electron chi connectivity index (χ1n) is 9.38. The molecule has 1 saturated heterocycles. The third-order valence-electron chi connectivity index (χ3n) is 5.64. The summed E-state index contributed by atoms with van der Waals surface area (Å²) in [4.78, 5) is 18.7. The Morgan fingerprint density at radius 3 is 2.50 bits per heavy atom. The van der Waals surface area contributed by atoms with Crippen molar-refractivity contribution in [2.24, 2.45) is 11.1 Å². The van der Waals surface area contributed by atoms with E-state index in [0.29, 0.717) is 13.1 Å². The number of carbonyl (C=O) groups is 1. The largest absolute Gasteiger partial charge is 0.427 e. The number of pyridine rings is 1. The Labute approximate surface area is 165 Å². The molecule has 3 heterocycles. The average molecular weight is 384 g/mol. The van der Waals surface area contributed by atoms with Gasteiger partial charge >= 0.3 is 6.09 Å². The number of piperazine rings is 1. The van der Waals surface area contributed by atoms with Gasteiger partial charge in [0.2, 0.25) is 0 Å². The van der Waals surface area contributed by atoms with Gasteiger partial charge in [0.1, 0.15) is 5.54 Å². The first-order valence-corrected chi connectivity index (χ1v) is 9.38. The van der Waals surface area contributed by atoms with Gasteiger partial charge in [-0.2, -0.15) is 10.2 Å². The van der Waals surface area contributed by atoms with Crippen LogP contribution >= 0.6 is 0 Å². The molecule has 3 N–H and O–H groups in total. The van der Waals surface area contributed by atoms with Crippen molar-refractivity contribution in [3.8, 4) is 0 Å². The molecule has 1 amide bonds. The molecule has 28 heavy (non-hydrogen) atoms. The first kappa shape index (κ1) is 20.2. The predicted molar refractivity (Wildman–Crippen MR) is 105 cm³/mol. The molecule has 8 nitrogen and oxygen atoms in total. The van der Waals surface area contributed by atoms with Gasteiger partial charge in [0.05, 0.1) is 11.4 Å². The molecule has 0 saturated carbocycles. The Kier molecular flexibility index (Phi) is 5.36. The van der Waals surface area contributed by atoms with Crippen molar-refractivity contribution in [1.82, 2.24) is 25.4 Å². The van der Waals surface area contributed by atoms with E-state index in [4.69, 9.17) is 10.5 Å². The van der Waals surface area contributed by atoms with Crippen LogP contribution < -0.4 is 11.1 Å². The van der Waals surface area contributed by atoms with Crippen LogP contribution in [0, 0.1) is 5.41 Å². The van der Waals surface area contributed by atoms with Crippen LogP contribution in [-0.2, 0) is 10.3 Å². The van der Waals surface area contributed by atoms with Crippen LogP contribution in [-0.4, -0.2) is 51.5 Å². The predicted octanol–water partition coefficient (Wildman–Crippen LogP) is 1.88. The zero-order valence-electron chi connectivity index (χ0n) is 16.8. The standard InChI is InChI=1S/C20H28N6O2/c1-18(2,3)19(4,28-17(21)27)26-13-12-22-14-20(26,15-8-5-6-10-23-15)16-9-7-11-24-25-16/h5-11,22H,12-14H2,1-4H3,(H2,21,27). The highest BCUT2D eigenvalue weighted by atomic mass is 16.6. The summed E-state index contributed by atoms with van der Waals surface area (Å²) in [6.07, 6.45) is 2.58. The minimum atomic E-state index is -1.02. The van der Waals surface area contributed by atoms with Gasteiger partial charge in [-0.15, -0.1) is 0 Å². The summed E-state index contributed by atoms with van der Waals surface area (Å²) in [7, 11) is 0. The molecule has 1 aliphatic rings. The number of primary amides is 1. The van der Waals surface area contributed by atoms with Gasteiger partial charge in [0, 0.05) is 37.4 Å². The van der Waals surface area contributed by atoms with E-state index < -0.39 is 22.8 Å². The molecule has 1 fully saturated rings. The molecule has 3 rings (SSSR count). The van der Waals surface area contributed by atoms with Crippen molar-refractivity contribution in [3.63, 3.8) is 0 Å². The van der Waals surface area contributed by atoms with Gasteiger partial charge in [-0.05, 0) is 31.2 Å². The van der Waals surface area contributed by atoms with E-state index in [1.165, 1.54) is 0 Å². The van der Waals surface area contributed by atoms with Crippen molar-refractivity contribution in [2.45, 2.75) is 39.0 Å². The summed E-state index contributed by atoms with van der Waals surface area (Å²) in [5, 5.41) is 12.0. The van der Waals surface area contributed by atoms with Crippen molar-refractivity contribution >= 4 is 6.09 Å². The minimum Gasteiger partial charge on any atom is -0.427 e. The molecule has 2 atom stereocenters. The summed E-state index contributed by atoms with van der Waals surface area (Å²) < 4.78 is 5.80. The molecule has 0 spiro atoms. The third-order valence-corrected chi connectivity index (χ3v) is 5.64. The number of nitrogens with two attached hydrogens (primary N) is 1. The summed E-state index contributed by atoms with van der Waals surface area (Å²) in [5.41, 5.74) is 4.78. The van der Waals surface area contributed by atoms with E-state index >= 15 is 0 Å². The summed E-state index contributed by atoms with van der Waals surface area (Å²) in [6, 6.07) is 9.55. The van der Waals surface area contributed by atoms with Crippen LogP contribution in [0.5, 0.6) is 0 Å². The molecule has 0 aliphatic carbocycles. The maximum absolute atomic E-state index is 11.9. The zero-order valence-corrected chi connectivity index (χ0v) is 16.8. The number of hydrogen-bond donors (Lipinski definition) is 2. The summed E-state index contributed by atoms with van der Waals surface area (Å²) in [5.74, 6) is 0. The van der Waals surface area contributed by atoms with Gasteiger partial charge in [-0.3, -0.25) is 4.98 Å². The smallest absolute Gasteiger partial charge is 0.406 e. The van der Waals surface area contributed by atoms with Crippen molar-refractivity contribution < 1.29 is 9.53 Å². The number of carbonyl (C=O) groups excluding carboxylic acids is 1. The highest BCUT2D eigenvalue weighted by Gasteiger charge is 2.57. The number of ether oxygens (including phenoxy) is 1. The van der Waals surface area contributed by atoms with Crippen molar-refractivity contribution in [1.29, 1.82) is 0 Å². The minimum absolute atomic E-state index is 0.443. The zero-order chi connectivity index (χ0) is 20.4. The Bertz CT molecular complexity index is 769. The Balaban J connectivity index is 2.28. The molecule has 0 radical (unpaired) electrons. The fourth-order valence-electron chi connectivity index (χ4n) is 3.85. The van der Waals surface area contributed by atoms with Crippen LogP contribution in [0.4, 0.5) is 4.79 Å². The van der Waals surface area contributed by atoms with Crippen LogP contribution in [0.3, 0.4) is 0 Å². The lowest BCUT2D eigenvalue weighted by Crippen LogP contribution is -2.71. The Hall–Kier alpha value is -2.58. The van der Waals surface area contributed by atoms with E-state index in [9.17, 15) is 4.79 Å². The topological polar surface area (TPSA) is 106 Å².